The molecule has 1 aliphatic rings. The molecule has 2 heterocycles. The highest BCUT2D eigenvalue weighted by Gasteiger charge is 2.24. The van der Waals surface area contributed by atoms with Gasteiger partial charge in [0.25, 0.3) is 5.91 Å². The molecule has 1 fully saturated rings. The zero-order chi connectivity index (χ0) is 18.4. The molecule has 0 aliphatic carbocycles. The van der Waals surface area contributed by atoms with E-state index in [2.05, 4.69) is 15.6 Å². The number of thiazole rings is 1. The second-order valence-electron chi connectivity index (χ2n) is 5.92. The van der Waals surface area contributed by atoms with Crippen molar-refractivity contribution in [1.82, 2.24) is 15.6 Å². The first-order valence-corrected chi connectivity index (χ1v) is 9.36. The number of carbonyl (C=O) groups is 3. The van der Waals surface area contributed by atoms with Gasteiger partial charge in [-0.2, -0.15) is 0 Å². The van der Waals surface area contributed by atoms with Crippen LogP contribution in [-0.4, -0.2) is 42.3 Å². The maximum Gasteiger partial charge on any atom is 0.251 e. The minimum atomic E-state index is -0.167. The molecule has 2 aromatic rings. The van der Waals surface area contributed by atoms with Gasteiger partial charge in [0, 0.05) is 37.0 Å². The molecule has 1 saturated heterocycles. The monoisotopic (exact) mass is 372 g/mol. The molecule has 0 spiro atoms. The first kappa shape index (κ1) is 18.1. The smallest absolute Gasteiger partial charge is 0.251 e. The van der Waals surface area contributed by atoms with Crippen LogP contribution < -0.4 is 15.5 Å². The van der Waals surface area contributed by atoms with Gasteiger partial charge in [-0.05, 0) is 18.6 Å². The fraction of sp³-hybridized carbons (Fsp3) is 0.333. The van der Waals surface area contributed by atoms with Gasteiger partial charge in [0.2, 0.25) is 11.8 Å². The van der Waals surface area contributed by atoms with Gasteiger partial charge < -0.3 is 10.6 Å². The van der Waals surface area contributed by atoms with Gasteiger partial charge >= 0.3 is 0 Å². The van der Waals surface area contributed by atoms with E-state index in [-0.39, 0.29) is 24.1 Å². The topological polar surface area (TPSA) is 91.4 Å². The van der Waals surface area contributed by atoms with Gasteiger partial charge in [-0.15, -0.1) is 11.3 Å². The summed E-state index contributed by atoms with van der Waals surface area (Å²) >= 11 is 1.38. The van der Waals surface area contributed by atoms with Crippen LogP contribution in [-0.2, 0) is 16.0 Å². The molecular formula is C18H20N4O3S. The van der Waals surface area contributed by atoms with Crippen LogP contribution in [0.25, 0.3) is 0 Å². The van der Waals surface area contributed by atoms with Crippen LogP contribution in [0.5, 0.6) is 0 Å². The Morgan fingerprint density at radius 2 is 1.92 bits per heavy atom. The molecule has 0 unspecified atom stereocenters. The predicted octanol–water partition coefficient (Wildman–Crippen LogP) is 1.36. The average molecular weight is 372 g/mol. The second kappa shape index (κ2) is 8.57. The Kier molecular flexibility index (Phi) is 5.96. The van der Waals surface area contributed by atoms with E-state index in [1.807, 2.05) is 6.07 Å². The van der Waals surface area contributed by atoms with Gasteiger partial charge in [-0.3, -0.25) is 19.3 Å². The number of anilines is 1. The molecule has 3 amide bonds. The highest BCUT2D eigenvalue weighted by molar-refractivity contribution is 7.14. The molecule has 7 nitrogen and oxygen atoms in total. The zero-order valence-electron chi connectivity index (χ0n) is 14.2. The highest BCUT2D eigenvalue weighted by Crippen LogP contribution is 2.25. The zero-order valence-corrected chi connectivity index (χ0v) is 15.1. The molecular weight excluding hydrogens is 352 g/mol. The van der Waals surface area contributed by atoms with Crippen LogP contribution >= 0.6 is 11.3 Å². The van der Waals surface area contributed by atoms with Crippen molar-refractivity contribution < 1.29 is 14.4 Å². The van der Waals surface area contributed by atoms with E-state index >= 15 is 0 Å². The summed E-state index contributed by atoms with van der Waals surface area (Å²) in [5.74, 6) is -0.243. The summed E-state index contributed by atoms with van der Waals surface area (Å²) in [5.41, 5.74) is 1.24. The van der Waals surface area contributed by atoms with Gasteiger partial charge in [-0.25, -0.2) is 4.98 Å². The van der Waals surface area contributed by atoms with Gasteiger partial charge in [0.15, 0.2) is 5.13 Å². The van der Waals surface area contributed by atoms with E-state index in [1.54, 1.807) is 34.5 Å². The lowest BCUT2D eigenvalue weighted by atomic mass is 10.2. The van der Waals surface area contributed by atoms with Crippen molar-refractivity contribution in [3.8, 4) is 0 Å². The van der Waals surface area contributed by atoms with Gasteiger partial charge in [0.05, 0.1) is 12.1 Å². The molecule has 136 valence electrons. The van der Waals surface area contributed by atoms with E-state index in [4.69, 9.17) is 0 Å². The summed E-state index contributed by atoms with van der Waals surface area (Å²) < 4.78 is 0. The van der Waals surface area contributed by atoms with Crippen molar-refractivity contribution in [3.05, 3.63) is 47.0 Å². The summed E-state index contributed by atoms with van der Waals surface area (Å²) in [6.07, 6.45) is 1.57. The minimum Gasteiger partial charge on any atom is -0.354 e. The van der Waals surface area contributed by atoms with Crippen molar-refractivity contribution >= 4 is 34.2 Å². The normalized spacial score (nSPS) is 13.7. The number of rotatable bonds is 7. The van der Waals surface area contributed by atoms with Crippen molar-refractivity contribution in [2.75, 3.05) is 24.5 Å². The lowest BCUT2D eigenvalue weighted by Gasteiger charge is -2.10. The van der Waals surface area contributed by atoms with Gasteiger partial charge in [-0.1, -0.05) is 18.2 Å². The van der Waals surface area contributed by atoms with Crippen LogP contribution in [0.4, 0.5) is 5.13 Å². The molecule has 26 heavy (non-hydrogen) atoms. The summed E-state index contributed by atoms with van der Waals surface area (Å²) in [7, 11) is 0. The Morgan fingerprint density at radius 1 is 1.15 bits per heavy atom. The molecule has 1 aliphatic heterocycles. The van der Waals surface area contributed by atoms with Crippen molar-refractivity contribution in [2.24, 2.45) is 0 Å². The third kappa shape index (κ3) is 4.66. The first-order valence-electron chi connectivity index (χ1n) is 8.48. The third-order valence-corrected chi connectivity index (χ3v) is 4.87. The largest absolute Gasteiger partial charge is 0.354 e. The van der Waals surface area contributed by atoms with E-state index < -0.39 is 0 Å². The molecule has 8 heteroatoms. The number of carbonyl (C=O) groups excluding carboxylic acids is 3. The highest BCUT2D eigenvalue weighted by atomic mass is 32.1. The van der Waals surface area contributed by atoms with Crippen molar-refractivity contribution in [1.29, 1.82) is 0 Å². The van der Waals surface area contributed by atoms with Crippen LogP contribution in [0, 0.1) is 0 Å². The van der Waals surface area contributed by atoms with Gasteiger partial charge in [0.1, 0.15) is 0 Å². The Labute approximate surface area is 155 Å². The molecule has 0 bridgehead atoms. The second-order valence-corrected chi connectivity index (χ2v) is 6.76. The summed E-state index contributed by atoms with van der Waals surface area (Å²) in [5, 5.41) is 7.97. The van der Waals surface area contributed by atoms with Crippen LogP contribution in [0.1, 0.15) is 28.9 Å². The lowest BCUT2D eigenvalue weighted by Crippen LogP contribution is -2.35. The van der Waals surface area contributed by atoms with Crippen molar-refractivity contribution in [2.45, 2.75) is 19.3 Å². The van der Waals surface area contributed by atoms with E-state index in [0.29, 0.717) is 42.4 Å². The number of hydrogen-bond donors (Lipinski definition) is 2. The Hall–Kier alpha value is -2.74. The van der Waals surface area contributed by atoms with E-state index in [0.717, 1.165) is 6.42 Å². The fourth-order valence-corrected chi connectivity index (χ4v) is 3.52. The molecule has 1 aromatic heterocycles. The molecule has 0 saturated carbocycles. The third-order valence-electron chi connectivity index (χ3n) is 3.95. The number of benzene rings is 1. The quantitative estimate of drug-likeness (QED) is 0.718. The summed E-state index contributed by atoms with van der Waals surface area (Å²) in [6, 6.07) is 8.92. The van der Waals surface area contributed by atoms with E-state index in [1.165, 1.54) is 11.3 Å². The molecule has 2 N–H and O–H groups in total. The lowest BCUT2D eigenvalue weighted by molar-refractivity contribution is -0.120. The Balaban J connectivity index is 1.39. The van der Waals surface area contributed by atoms with E-state index in [9.17, 15) is 14.4 Å². The fourth-order valence-electron chi connectivity index (χ4n) is 2.65. The summed E-state index contributed by atoms with van der Waals surface area (Å²) in [4.78, 5) is 41.6. The Bertz CT molecular complexity index is 791. The summed E-state index contributed by atoms with van der Waals surface area (Å²) in [6.45, 7) is 1.39. The Morgan fingerprint density at radius 3 is 2.65 bits per heavy atom. The molecule has 1 aromatic carbocycles. The predicted molar refractivity (Wildman–Crippen MR) is 99.2 cm³/mol. The number of aromatic nitrogens is 1. The van der Waals surface area contributed by atoms with Crippen molar-refractivity contribution in [3.63, 3.8) is 0 Å². The molecule has 0 atom stereocenters. The SMILES string of the molecule is O=C(Cc1csc(N2CCCC2=O)n1)NCCNC(=O)c1ccccc1. The standard InChI is InChI=1S/C18H20N4O3S/c23-15(19-8-9-20-17(25)13-5-2-1-3-6-13)11-14-12-26-18(21-14)22-10-4-7-16(22)24/h1-3,5-6,12H,4,7-11H2,(H,19,23)(H,20,25). The minimum absolute atomic E-state index is 0.0875. The van der Waals surface area contributed by atoms with Crippen LogP contribution in [0.2, 0.25) is 0 Å². The number of nitrogens with zero attached hydrogens (tertiary/aromatic N) is 2. The maximum atomic E-state index is 12.0. The number of amides is 3. The maximum absolute atomic E-state index is 12.0. The van der Waals surface area contributed by atoms with Crippen LogP contribution in [0.15, 0.2) is 35.7 Å². The number of hydrogen-bond acceptors (Lipinski definition) is 5. The number of nitrogens with one attached hydrogen (secondary N) is 2. The molecule has 0 radical (unpaired) electrons. The van der Waals surface area contributed by atoms with Crippen LogP contribution in [0.3, 0.4) is 0 Å². The first-order chi connectivity index (χ1) is 12.6. The average Bonchev–Trinajstić information content (AvgIpc) is 3.28. The molecule has 3 rings (SSSR count).